The smallest absolute Gasteiger partial charge is 0.207 e. The molecular formula is C12H13Cl2NO2S. The summed E-state index contributed by atoms with van der Waals surface area (Å²) in [5.41, 5.74) is 0. The van der Waals surface area contributed by atoms with E-state index in [2.05, 4.69) is 10.6 Å². The number of terminal acetylenes is 1. The number of hydrogen-bond donors (Lipinski definition) is 1. The van der Waals surface area contributed by atoms with Crippen molar-refractivity contribution >= 4 is 33.2 Å². The van der Waals surface area contributed by atoms with Gasteiger partial charge in [0.05, 0.1) is 10.9 Å². The highest BCUT2D eigenvalue weighted by Crippen LogP contribution is 2.22. The number of sulfonamides is 1. The molecule has 1 N–H and O–H groups in total. The monoisotopic (exact) mass is 305 g/mol. The fourth-order valence-corrected chi connectivity index (χ4v) is 3.32. The average molecular weight is 306 g/mol. The maximum atomic E-state index is 12.1. The first-order valence-electron chi connectivity index (χ1n) is 5.33. The van der Waals surface area contributed by atoms with E-state index in [1.54, 1.807) is 0 Å². The summed E-state index contributed by atoms with van der Waals surface area (Å²) < 4.78 is 26.5. The van der Waals surface area contributed by atoms with Crippen molar-refractivity contribution in [3.63, 3.8) is 0 Å². The molecule has 3 nitrogen and oxygen atoms in total. The summed E-state index contributed by atoms with van der Waals surface area (Å²) in [6.07, 6.45) is 6.63. The van der Waals surface area contributed by atoms with E-state index in [9.17, 15) is 8.42 Å². The first kappa shape index (κ1) is 15.3. The van der Waals surface area contributed by atoms with Crippen LogP contribution in [0, 0.1) is 12.3 Å². The molecule has 0 amide bonds. The summed E-state index contributed by atoms with van der Waals surface area (Å²) in [4.78, 5) is 0.0105. The quantitative estimate of drug-likeness (QED) is 0.850. The van der Waals surface area contributed by atoms with E-state index in [1.165, 1.54) is 18.2 Å². The minimum atomic E-state index is -3.70. The molecular weight excluding hydrogens is 293 g/mol. The molecule has 1 aromatic carbocycles. The lowest BCUT2D eigenvalue weighted by atomic mass is 10.2. The van der Waals surface area contributed by atoms with Crippen molar-refractivity contribution < 1.29 is 8.42 Å². The number of halogens is 2. The first-order chi connectivity index (χ1) is 8.39. The summed E-state index contributed by atoms with van der Waals surface area (Å²) >= 11 is 11.5. The fourth-order valence-electron chi connectivity index (χ4n) is 1.40. The van der Waals surface area contributed by atoms with Crippen LogP contribution >= 0.6 is 23.2 Å². The third-order valence-electron chi connectivity index (χ3n) is 2.22. The second-order valence-electron chi connectivity index (χ2n) is 3.73. The summed E-state index contributed by atoms with van der Waals surface area (Å²) in [5, 5.41) is 0.520. The summed E-state index contributed by atoms with van der Waals surface area (Å²) in [6, 6.07) is 3.59. The number of rotatable bonds is 5. The molecule has 1 aromatic rings. The van der Waals surface area contributed by atoms with Gasteiger partial charge in [-0.15, -0.1) is 6.42 Å². The van der Waals surface area contributed by atoms with Crippen LogP contribution in [0.3, 0.4) is 0 Å². The Bertz CT molecular complexity index is 544. The van der Waals surface area contributed by atoms with E-state index in [-0.39, 0.29) is 14.9 Å². The minimum absolute atomic E-state index is 0.0105. The lowest BCUT2D eigenvalue weighted by molar-refractivity contribution is 0.564. The van der Waals surface area contributed by atoms with Gasteiger partial charge >= 0.3 is 0 Å². The molecule has 0 radical (unpaired) electrons. The van der Waals surface area contributed by atoms with E-state index >= 15 is 0 Å². The van der Waals surface area contributed by atoms with Gasteiger partial charge in [0.25, 0.3) is 0 Å². The zero-order valence-corrected chi connectivity index (χ0v) is 12.1. The first-order valence-corrected chi connectivity index (χ1v) is 7.57. The van der Waals surface area contributed by atoms with Crippen molar-refractivity contribution in [1.29, 1.82) is 0 Å². The molecule has 0 aliphatic carbocycles. The van der Waals surface area contributed by atoms with Crippen LogP contribution in [-0.2, 0) is 10.0 Å². The van der Waals surface area contributed by atoms with Crippen molar-refractivity contribution in [1.82, 2.24) is 4.72 Å². The van der Waals surface area contributed by atoms with Gasteiger partial charge in [-0.2, -0.15) is 4.72 Å². The van der Waals surface area contributed by atoms with Crippen LogP contribution in [0.25, 0.3) is 0 Å². The number of nitrogens with one attached hydrogen (secondary N) is 1. The van der Waals surface area contributed by atoms with Crippen LogP contribution in [0.15, 0.2) is 23.1 Å². The van der Waals surface area contributed by atoms with Gasteiger partial charge in [0.2, 0.25) is 10.0 Å². The van der Waals surface area contributed by atoms with Crippen molar-refractivity contribution in [3.05, 3.63) is 28.2 Å². The predicted molar refractivity (Wildman–Crippen MR) is 74.3 cm³/mol. The average Bonchev–Trinajstić information content (AvgIpc) is 2.27. The molecule has 0 spiro atoms. The Hall–Kier alpha value is -0.730. The molecule has 0 aliphatic rings. The predicted octanol–water partition coefficient (Wildman–Crippen LogP) is 3.07. The van der Waals surface area contributed by atoms with Crippen LogP contribution in [0.4, 0.5) is 0 Å². The summed E-state index contributed by atoms with van der Waals surface area (Å²) in [7, 11) is -3.70. The Morgan fingerprint density at radius 1 is 1.33 bits per heavy atom. The lowest BCUT2D eigenvalue weighted by Crippen LogP contribution is -2.33. The SMILES string of the molecule is C#CC(CCC)NS(=O)(=O)c1cc(Cl)cc(Cl)c1. The van der Waals surface area contributed by atoms with Gasteiger partial charge in [-0.1, -0.05) is 42.5 Å². The van der Waals surface area contributed by atoms with Gasteiger partial charge < -0.3 is 0 Å². The Balaban J connectivity index is 3.03. The standard InChI is InChI=1S/C12H13Cl2NO2S/c1-3-5-11(4-2)15-18(16,17)12-7-9(13)6-10(14)8-12/h2,6-8,11,15H,3,5H2,1H3. The third kappa shape index (κ3) is 4.18. The second-order valence-corrected chi connectivity index (χ2v) is 6.32. The highest BCUT2D eigenvalue weighted by Gasteiger charge is 2.19. The van der Waals surface area contributed by atoms with Crippen LogP contribution in [0.1, 0.15) is 19.8 Å². The molecule has 0 saturated heterocycles. The largest absolute Gasteiger partial charge is 0.241 e. The maximum absolute atomic E-state index is 12.1. The van der Waals surface area contributed by atoms with Crippen molar-refractivity contribution in [2.24, 2.45) is 0 Å². The van der Waals surface area contributed by atoms with Crippen LogP contribution in [-0.4, -0.2) is 14.5 Å². The topological polar surface area (TPSA) is 46.2 Å². The van der Waals surface area contributed by atoms with Crippen molar-refractivity contribution in [2.75, 3.05) is 0 Å². The van der Waals surface area contributed by atoms with Gasteiger partial charge in [0.15, 0.2) is 0 Å². The molecule has 6 heteroatoms. The molecule has 0 aromatic heterocycles. The Kier molecular flexibility index (Phi) is 5.48. The van der Waals surface area contributed by atoms with Gasteiger partial charge in [-0.05, 0) is 24.6 Å². The van der Waals surface area contributed by atoms with Gasteiger partial charge in [0, 0.05) is 10.0 Å². The summed E-state index contributed by atoms with van der Waals surface area (Å²) in [6.45, 7) is 1.93. The van der Waals surface area contributed by atoms with Crippen LogP contribution in [0.2, 0.25) is 10.0 Å². The van der Waals surface area contributed by atoms with E-state index in [0.29, 0.717) is 6.42 Å². The number of benzene rings is 1. The van der Waals surface area contributed by atoms with Crippen LogP contribution in [0.5, 0.6) is 0 Å². The van der Waals surface area contributed by atoms with Crippen LogP contribution < -0.4 is 4.72 Å². The van der Waals surface area contributed by atoms with Crippen molar-refractivity contribution in [3.8, 4) is 12.3 Å². The molecule has 0 aliphatic heterocycles. The van der Waals surface area contributed by atoms with Gasteiger partial charge in [-0.25, -0.2) is 8.42 Å². The van der Waals surface area contributed by atoms with E-state index < -0.39 is 16.1 Å². The Morgan fingerprint density at radius 2 is 1.89 bits per heavy atom. The molecule has 1 unspecified atom stereocenters. The normalized spacial score (nSPS) is 13.0. The zero-order valence-electron chi connectivity index (χ0n) is 9.78. The Morgan fingerprint density at radius 3 is 2.33 bits per heavy atom. The fraction of sp³-hybridized carbons (Fsp3) is 0.333. The summed E-state index contributed by atoms with van der Waals surface area (Å²) in [5.74, 6) is 2.40. The molecule has 0 heterocycles. The second kappa shape index (κ2) is 6.44. The maximum Gasteiger partial charge on any atom is 0.241 e. The zero-order chi connectivity index (χ0) is 13.8. The molecule has 0 bridgehead atoms. The molecule has 1 atom stereocenters. The number of hydrogen-bond acceptors (Lipinski definition) is 2. The molecule has 0 fully saturated rings. The highest BCUT2D eigenvalue weighted by molar-refractivity contribution is 7.89. The third-order valence-corrected chi connectivity index (χ3v) is 4.11. The van der Waals surface area contributed by atoms with Gasteiger partial charge in [-0.3, -0.25) is 0 Å². The van der Waals surface area contributed by atoms with E-state index in [1.807, 2.05) is 6.92 Å². The molecule has 1 rings (SSSR count). The molecule has 98 valence electrons. The Labute approximate surface area is 118 Å². The van der Waals surface area contributed by atoms with E-state index in [0.717, 1.165) is 6.42 Å². The van der Waals surface area contributed by atoms with Crippen molar-refractivity contribution in [2.45, 2.75) is 30.7 Å². The molecule has 18 heavy (non-hydrogen) atoms. The molecule has 0 saturated carbocycles. The highest BCUT2D eigenvalue weighted by atomic mass is 35.5. The lowest BCUT2D eigenvalue weighted by Gasteiger charge is -2.13. The van der Waals surface area contributed by atoms with Gasteiger partial charge in [0.1, 0.15) is 0 Å². The minimum Gasteiger partial charge on any atom is -0.207 e. The van der Waals surface area contributed by atoms with E-state index in [4.69, 9.17) is 29.6 Å².